The number of hydrogen-bond acceptors (Lipinski definition) is 2. The molecule has 2 nitrogen and oxygen atoms in total. The van der Waals surface area contributed by atoms with Crippen LogP contribution in [0.5, 0.6) is 11.5 Å². The second-order valence-electron chi connectivity index (χ2n) is 5.73. The highest BCUT2D eigenvalue weighted by atomic mass is 31.0. The number of fused-ring (bicyclic) bond motifs is 2. The van der Waals surface area contributed by atoms with Crippen molar-refractivity contribution >= 4 is 9.24 Å². The first kappa shape index (κ1) is 17.0. The molecule has 1 unspecified atom stereocenters. The molecule has 2 aromatic rings. The summed E-state index contributed by atoms with van der Waals surface area (Å²) in [7, 11) is 1.35. The molecule has 1 aliphatic heterocycles. The van der Waals surface area contributed by atoms with Gasteiger partial charge in [-0.2, -0.15) is 17.6 Å². The summed E-state index contributed by atoms with van der Waals surface area (Å²) < 4.78 is 66.8. The van der Waals surface area contributed by atoms with Gasteiger partial charge in [0.1, 0.15) is 6.61 Å². The van der Waals surface area contributed by atoms with Crippen LogP contribution in [0.1, 0.15) is 22.3 Å². The molecule has 1 aliphatic rings. The van der Waals surface area contributed by atoms with Gasteiger partial charge < -0.3 is 9.47 Å². The number of ether oxygens (including phenoxy) is 2. The molecule has 1 heterocycles. The van der Waals surface area contributed by atoms with E-state index in [1.54, 1.807) is 25.1 Å². The molecule has 3 rings (SSSR count). The summed E-state index contributed by atoms with van der Waals surface area (Å²) in [4.78, 5) is 0. The Kier molecular flexibility index (Phi) is 4.20. The van der Waals surface area contributed by atoms with Crippen LogP contribution in [-0.4, -0.2) is 6.61 Å². The molecule has 7 heteroatoms. The van der Waals surface area contributed by atoms with Crippen molar-refractivity contribution in [3.63, 3.8) is 0 Å². The second-order valence-corrected chi connectivity index (χ2v) is 6.45. The number of aryl methyl sites for hydroxylation is 1. The maximum absolute atomic E-state index is 14.5. The number of alkyl halides is 4. The van der Waals surface area contributed by atoms with Gasteiger partial charge in [-0.05, 0) is 36.2 Å². The predicted molar refractivity (Wildman–Crippen MR) is 84.9 cm³/mol. The molecular formula is C17H15F4O2P. The fourth-order valence-corrected chi connectivity index (χ4v) is 2.68. The molecule has 0 aromatic heterocycles. The van der Waals surface area contributed by atoms with E-state index >= 15 is 0 Å². The molecule has 2 aromatic carbocycles. The molecule has 0 saturated carbocycles. The molecule has 0 spiro atoms. The highest BCUT2D eigenvalue weighted by Crippen LogP contribution is 2.41. The third kappa shape index (κ3) is 3.34. The lowest BCUT2D eigenvalue weighted by Gasteiger charge is -2.21. The average Bonchev–Trinajstić information content (AvgIpc) is 2.55. The molecule has 0 saturated heterocycles. The van der Waals surface area contributed by atoms with Crippen molar-refractivity contribution in [2.24, 2.45) is 0 Å². The first-order chi connectivity index (χ1) is 11.2. The minimum atomic E-state index is -3.42. The fraction of sp³-hybridized carbons (Fsp3) is 0.294. The zero-order valence-electron chi connectivity index (χ0n) is 12.8. The van der Waals surface area contributed by atoms with Crippen molar-refractivity contribution in [1.82, 2.24) is 0 Å². The maximum Gasteiger partial charge on any atom is 0.306 e. The van der Waals surface area contributed by atoms with Gasteiger partial charge in [-0.15, -0.1) is 0 Å². The van der Waals surface area contributed by atoms with E-state index in [1.807, 2.05) is 0 Å². The zero-order valence-corrected chi connectivity index (χ0v) is 13.9. The molecule has 0 amide bonds. The monoisotopic (exact) mass is 358 g/mol. The summed E-state index contributed by atoms with van der Waals surface area (Å²) in [6, 6.07) is 8.20. The normalized spacial score (nSPS) is 16.6. The van der Waals surface area contributed by atoms with Gasteiger partial charge in [0.05, 0.1) is 0 Å². The van der Waals surface area contributed by atoms with E-state index in [2.05, 4.69) is 0 Å². The summed E-state index contributed by atoms with van der Waals surface area (Å²) in [5.74, 6) is -2.88. The average molecular weight is 358 g/mol. The third-order valence-electron chi connectivity index (χ3n) is 3.78. The quantitative estimate of drug-likeness (QED) is 0.529. The van der Waals surface area contributed by atoms with E-state index in [4.69, 9.17) is 9.47 Å². The molecule has 0 aliphatic carbocycles. The van der Waals surface area contributed by atoms with Gasteiger partial charge in [-0.3, -0.25) is 0 Å². The van der Waals surface area contributed by atoms with Crippen molar-refractivity contribution in [3.05, 3.63) is 58.7 Å². The highest BCUT2D eigenvalue weighted by Gasteiger charge is 2.38. The van der Waals surface area contributed by atoms with Gasteiger partial charge in [0.15, 0.2) is 18.1 Å². The van der Waals surface area contributed by atoms with Crippen LogP contribution in [0.4, 0.5) is 17.6 Å². The molecule has 1 atom stereocenters. The molecule has 128 valence electrons. The van der Waals surface area contributed by atoms with Gasteiger partial charge in [0, 0.05) is 11.1 Å². The van der Waals surface area contributed by atoms with E-state index in [9.17, 15) is 17.6 Å². The Labute approximate surface area is 139 Å². The third-order valence-corrected chi connectivity index (χ3v) is 4.11. The summed E-state index contributed by atoms with van der Waals surface area (Å²) >= 11 is 0. The Hall–Kier alpha value is -1.81. The Balaban J connectivity index is 2.06. The first-order valence-corrected chi connectivity index (χ1v) is 7.79. The summed E-state index contributed by atoms with van der Waals surface area (Å²) in [6.07, 6.45) is 0. The Morgan fingerprint density at radius 2 is 1.79 bits per heavy atom. The molecule has 0 bridgehead atoms. The van der Waals surface area contributed by atoms with Gasteiger partial charge in [-0.25, -0.2) is 0 Å². The Morgan fingerprint density at radius 3 is 2.50 bits per heavy atom. The zero-order chi connectivity index (χ0) is 17.5. The van der Waals surface area contributed by atoms with E-state index < -0.39 is 29.3 Å². The van der Waals surface area contributed by atoms with Gasteiger partial charge in [-0.1, -0.05) is 27.4 Å². The summed E-state index contributed by atoms with van der Waals surface area (Å²) in [6.45, 7) is 0.690. The molecular weight excluding hydrogens is 343 g/mol. The van der Waals surface area contributed by atoms with Crippen molar-refractivity contribution < 1.29 is 27.0 Å². The lowest BCUT2D eigenvalue weighted by molar-refractivity contribution is -0.0472. The summed E-state index contributed by atoms with van der Waals surface area (Å²) in [5.41, 5.74) is -3.31. The standard InChI is InChI=1S/C17H15F4O2P/c1-10-2-5-14-15(6-10)23-9-16(18,19)13-7-12(17(20,21)24)4-3-11(13)8-22-14/h2-7H,8-9,24H2,1H3. The highest BCUT2D eigenvalue weighted by molar-refractivity contribution is 7.17. The maximum atomic E-state index is 14.5. The first-order valence-electron chi connectivity index (χ1n) is 7.21. The van der Waals surface area contributed by atoms with Crippen molar-refractivity contribution in [2.45, 2.75) is 25.1 Å². The topological polar surface area (TPSA) is 18.5 Å². The van der Waals surface area contributed by atoms with Gasteiger partial charge in [0.2, 0.25) is 0 Å². The van der Waals surface area contributed by atoms with Gasteiger partial charge >= 0.3 is 5.92 Å². The van der Waals surface area contributed by atoms with Crippen LogP contribution in [0.15, 0.2) is 36.4 Å². The molecule has 0 N–H and O–H groups in total. The van der Waals surface area contributed by atoms with Crippen molar-refractivity contribution in [1.29, 1.82) is 0 Å². The van der Waals surface area contributed by atoms with E-state index in [-0.39, 0.29) is 17.9 Å². The molecule has 24 heavy (non-hydrogen) atoms. The number of benzene rings is 2. The van der Waals surface area contributed by atoms with Crippen LogP contribution in [0.2, 0.25) is 0 Å². The number of halogens is 4. The largest absolute Gasteiger partial charge is 0.485 e. The van der Waals surface area contributed by atoms with E-state index in [0.717, 1.165) is 17.7 Å². The fourth-order valence-electron chi connectivity index (χ4n) is 2.50. The molecule has 0 radical (unpaired) electrons. The van der Waals surface area contributed by atoms with Crippen LogP contribution in [0.25, 0.3) is 0 Å². The Bertz CT molecular complexity index is 772. The van der Waals surface area contributed by atoms with Crippen molar-refractivity contribution in [3.8, 4) is 11.5 Å². The van der Waals surface area contributed by atoms with Crippen LogP contribution in [0, 0.1) is 6.92 Å². The summed E-state index contributed by atoms with van der Waals surface area (Å²) in [5, 5.41) is 0. The Morgan fingerprint density at radius 1 is 1.04 bits per heavy atom. The second kappa shape index (κ2) is 5.92. The van der Waals surface area contributed by atoms with E-state index in [0.29, 0.717) is 5.75 Å². The van der Waals surface area contributed by atoms with Crippen molar-refractivity contribution in [2.75, 3.05) is 6.61 Å². The van der Waals surface area contributed by atoms with Crippen LogP contribution in [0.3, 0.4) is 0 Å². The van der Waals surface area contributed by atoms with Crippen LogP contribution < -0.4 is 9.47 Å². The lowest BCUT2D eigenvalue weighted by atomic mass is 9.99. The van der Waals surface area contributed by atoms with Crippen LogP contribution in [-0.2, 0) is 18.2 Å². The smallest absolute Gasteiger partial charge is 0.306 e. The lowest BCUT2D eigenvalue weighted by Crippen LogP contribution is -2.25. The SMILES string of the molecule is Cc1ccc2c(c1)OCC(F)(F)c1cc(C(F)(F)P)ccc1CO2. The van der Waals surface area contributed by atoms with Crippen LogP contribution >= 0.6 is 9.24 Å². The van der Waals surface area contributed by atoms with Gasteiger partial charge in [0.25, 0.3) is 5.66 Å². The minimum absolute atomic E-state index is 0.148. The minimum Gasteiger partial charge on any atom is -0.485 e. The number of rotatable bonds is 1. The number of hydrogen-bond donors (Lipinski definition) is 0. The van der Waals surface area contributed by atoms with E-state index in [1.165, 1.54) is 15.3 Å². The molecule has 0 fully saturated rings. The predicted octanol–water partition coefficient (Wildman–Crippen LogP) is 4.98.